The first-order valence-electron chi connectivity index (χ1n) is 11.7. The number of carbonyl (C=O) groups excluding carboxylic acids is 1. The number of likely N-dealkylation sites (N-methyl/N-ethyl adjacent to an activating group) is 2. The van der Waals surface area contributed by atoms with Crippen LogP contribution in [0.5, 0.6) is 5.75 Å². The maximum absolute atomic E-state index is 13.2. The number of methoxy groups -OCH3 is 1. The topological polar surface area (TPSA) is 68.7 Å². The highest BCUT2D eigenvalue weighted by Crippen LogP contribution is 2.29. The van der Waals surface area contributed by atoms with E-state index < -0.39 is 12.2 Å². The summed E-state index contributed by atoms with van der Waals surface area (Å²) in [6.07, 6.45) is 0.833. The summed E-state index contributed by atoms with van der Waals surface area (Å²) in [6, 6.07) is 7.96. The Kier molecular flexibility index (Phi) is 9.16. The zero-order valence-corrected chi connectivity index (χ0v) is 20.1. The second-order valence-corrected chi connectivity index (χ2v) is 9.20. The van der Waals surface area contributed by atoms with Gasteiger partial charge in [-0.1, -0.05) is 12.1 Å². The van der Waals surface area contributed by atoms with Crippen LogP contribution in [0.3, 0.4) is 0 Å². The van der Waals surface area contributed by atoms with Crippen molar-refractivity contribution in [3.05, 3.63) is 24.3 Å². The summed E-state index contributed by atoms with van der Waals surface area (Å²) < 4.78 is 11.6. The summed E-state index contributed by atoms with van der Waals surface area (Å²) >= 11 is 0. The van der Waals surface area contributed by atoms with E-state index in [4.69, 9.17) is 9.47 Å². The van der Waals surface area contributed by atoms with E-state index in [1.807, 2.05) is 29.2 Å². The molecule has 32 heavy (non-hydrogen) atoms. The molecule has 0 saturated carbocycles. The highest BCUT2D eigenvalue weighted by atomic mass is 16.5. The van der Waals surface area contributed by atoms with Gasteiger partial charge in [0.15, 0.2) is 6.10 Å². The number of ether oxygens (including phenoxy) is 2. The van der Waals surface area contributed by atoms with Crippen LogP contribution >= 0.6 is 0 Å². The van der Waals surface area contributed by atoms with Gasteiger partial charge in [0.1, 0.15) is 5.75 Å². The van der Waals surface area contributed by atoms with Crippen molar-refractivity contribution in [2.45, 2.75) is 37.6 Å². The molecule has 3 rings (SSSR count). The number of carbonyl (C=O) groups is 1. The van der Waals surface area contributed by atoms with Gasteiger partial charge in [0.05, 0.1) is 25.0 Å². The van der Waals surface area contributed by atoms with Crippen LogP contribution < -0.4 is 9.64 Å². The Morgan fingerprint density at radius 1 is 1.09 bits per heavy atom. The molecule has 2 fully saturated rings. The molecular weight excluding hydrogens is 408 g/mol. The van der Waals surface area contributed by atoms with Gasteiger partial charge in [0.25, 0.3) is 5.91 Å². The molecule has 2 heterocycles. The molecule has 1 aromatic carbocycles. The van der Waals surface area contributed by atoms with Crippen molar-refractivity contribution in [1.82, 2.24) is 14.7 Å². The molecule has 2 aliphatic rings. The van der Waals surface area contributed by atoms with E-state index in [1.165, 1.54) is 0 Å². The van der Waals surface area contributed by atoms with Gasteiger partial charge < -0.3 is 34.2 Å². The van der Waals surface area contributed by atoms with Crippen LogP contribution in [0, 0.1) is 0 Å². The predicted octanol–water partition coefficient (Wildman–Crippen LogP) is 1.14. The number of hydrogen-bond donors (Lipinski definition) is 1. The van der Waals surface area contributed by atoms with Crippen molar-refractivity contribution in [2.24, 2.45) is 0 Å². The number of piperazine rings is 1. The molecule has 8 nitrogen and oxygen atoms in total. The number of rotatable bonds is 9. The fourth-order valence-corrected chi connectivity index (χ4v) is 4.39. The Balaban J connectivity index is 1.49. The first kappa shape index (κ1) is 24.8. The van der Waals surface area contributed by atoms with Crippen LogP contribution in [0.15, 0.2) is 24.3 Å². The average molecular weight is 449 g/mol. The third-order valence-corrected chi connectivity index (χ3v) is 6.50. The second-order valence-electron chi connectivity index (χ2n) is 9.20. The van der Waals surface area contributed by atoms with Crippen molar-refractivity contribution in [3.63, 3.8) is 0 Å². The molecule has 0 aliphatic carbocycles. The highest BCUT2D eigenvalue weighted by Gasteiger charge is 2.38. The Morgan fingerprint density at radius 3 is 2.50 bits per heavy atom. The van der Waals surface area contributed by atoms with E-state index >= 15 is 0 Å². The summed E-state index contributed by atoms with van der Waals surface area (Å²) in [4.78, 5) is 21.7. The maximum Gasteiger partial charge on any atom is 0.254 e. The lowest BCUT2D eigenvalue weighted by Gasteiger charge is -2.40. The van der Waals surface area contributed by atoms with Gasteiger partial charge in [0.2, 0.25) is 0 Å². The summed E-state index contributed by atoms with van der Waals surface area (Å²) in [5, 5.41) is 10.5. The molecule has 1 amide bonds. The lowest BCUT2D eigenvalue weighted by Crippen LogP contribution is -2.56. The Morgan fingerprint density at radius 2 is 1.81 bits per heavy atom. The number of amides is 1. The molecule has 180 valence electrons. The van der Waals surface area contributed by atoms with Gasteiger partial charge in [-0.05, 0) is 52.5 Å². The van der Waals surface area contributed by atoms with E-state index in [-0.39, 0.29) is 12.0 Å². The number of aliphatic hydroxyl groups excluding tert-OH is 1. The third-order valence-electron chi connectivity index (χ3n) is 6.50. The van der Waals surface area contributed by atoms with Crippen LogP contribution in [-0.2, 0) is 9.53 Å². The fourth-order valence-electron chi connectivity index (χ4n) is 4.39. The Labute approximate surface area is 192 Å². The number of para-hydroxylation sites is 2. The van der Waals surface area contributed by atoms with Crippen LogP contribution in [-0.4, -0.2) is 118 Å². The molecule has 1 aromatic rings. The number of hydrogen-bond acceptors (Lipinski definition) is 7. The number of nitrogens with zero attached hydrogens (tertiary/aromatic N) is 4. The molecule has 8 heteroatoms. The van der Waals surface area contributed by atoms with Gasteiger partial charge in [-0.2, -0.15) is 0 Å². The minimum absolute atomic E-state index is 0.0176. The van der Waals surface area contributed by atoms with Gasteiger partial charge >= 0.3 is 0 Å². The summed E-state index contributed by atoms with van der Waals surface area (Å²) in [7, 11) is 7.94. The standard InChI is InChI=1S/C24H40N4O4/c1-25(2)13-14-26(3)12-11-19-9-10-21(29)23(32-19)24(30)28-17-15-27(16-18-28)20-7-5-6-8-22(20)31-4/h5-8,19,21,23,29H,9-18H2,1-4H3/t19-,21+,23+/m1/s1. The van der Waals surface area contributed by atoms with Crippen molar-refractivity contribution in [1.29, 1.82) is 0 Å². The Hall–Kier alpha value is -1.87. The average Bonchev–Trinajstić information content (AvgIpc) is 2.81. The first-order valence-corrected chi connectivity index (χ1v) is 11.7. The third kappa shape index (κ3) is 6.57. The van der Waals surface area contributed by atoms with E-state index in [0.717, 1.165) is 57.0 Å². The van der Waals surface area contributed by atoms with E-state index in [1.54, 1.807) is 7.11 Å². The smallest absolute Gasteiger partial charge is 0.254 e. The zero-order valence-electron chi connectivity index (χ0n) is 20.1. The van der Waals surface area contributed by atoms with Crippen LogP contribution in [0.25, 0.3) is 0 Å². The molecule has 1 N–H and O–H groups in total. The number of benzene rings is 1. The van der Waals surface area contributed by atoms with Gasteiger partial charge in [-0.3, -0.25) is 4.79 Å². The van der Waals surface area contributed by atoms with E-state index in [2.05, 4.69) is 35.8 Å². The largest absolute Gasteiger partial charge is 0.495 e. The summed E-state index contributed by atoms with van der Waals surface area (Å²) in [5.41, 5.74) is 1.05. The molecule has 0 unspecified atom stereocenters. The van der Waals surface area contributed by atoms with Gasteiger partial charge in [0, 0.05) is 45.8 Å². The minimum atomic E-state index is -0.751. The summed E-state index contributed by atoms with van der Waals surface area (Å²) in [5.74, 6) is 0.763. The summed E-state index contributed by atoms with van der Waals surface area (Å²) in [6.45, 7) is 5.63. The van der Waals surface area contributed by atoms with Crippen molar-refractivity contribution in [2.75, 3.05) is 79.0 Å². The molecule has 2 aliphatic heterocycles. The fraction of sp³-hybridized carbons (Fsp3) is 0.708. The van der Waals surface area contributed by atoms with Gasteiger partial charge in [-0.25, -0.2) is 0 Å². The number of aliphatic hydroxyl groups is 1. The Bertz CT molecular complexity index is 724. The lowest BCUT2D eigenvalue weighted by molar-refractivity contribution is -0.168. The molecular formula is C24H40N4O4. The molecule has 0 spiro atoms. The highest BCUT2D eigenvalue weighted by molar-refractivity contribution is 5.82. The molecule has 0 aromatic heterocycles. The van der Waals surface area contributed by atoms with E-state index in [9.17, 15) is 9.90 Å². The molecule has 2 saturated heterocycles. The first-order chi connectivity index (χ1) is 15.4. The molecule has 3 atom stereocenters. The quantitative estimate of drug-likeness (QED) is 0.608. The maximum atomic E-state index is 13.2. The predicted molar refractivity (Wildman–Crippen MR) is 126 cm³/mol. The molecule has 0 bridgehead atoms. The molecule has 0 radical (unpaired) electrons. The lowest BCUT2D eigenvalue weighted by atomic mass is 9.98. The van der Waals surface area contributed by atoms with E-state index in [0.29, 0.717) is 19.5 Å². The minimum Gasteiger partial charge on any atom is -0.495 e. The SMILES string of the molecule is COc1ccccc1N1CCN(C(=O)[C@H]2O[C@@H](CCN(C)CCN(C)C)CC[C@@H]2O)CC1. The second kappa shape index (κ2) is 11.8. The van der Waals surface area contributed by atoms with Gasteiger partial charge in [-0.15, -0.1) is 0 Å². The van der Waals surface area contributed by atoms with Crippen molar-refractivity contribution < 1.29 is 19.4 Å². The van der Waals surface area contributed by atoms with Crippen molar-refractivity contribution in [3.8, 4) is 5.75 Å². The zero-order chi connectivity index (χ0) is 23.1. The number of anilines is 1. The van der Waals surface area contributed by atoms with Crippen molar-refractivity contribution >= 4 is 11.6 Å². The van der Waals surface area contributed by atoms with Crippen LogP contribution in [0.4, 0.5) is 5.69 Å². The van der Waals surface area contributed by atoms with Crippen LogP contribution in [0.1, 0.15) is 19.3 Å². The van der Waals surface area contributed by atoms with Crippen LogP contribution in [0.2, 0.25) is 0 Å². The monoisotopic (exact) mass is 448 g/mol. The normalized spacial score (nSPS) is 24.3.